The minimum atomic E-state index is -1.92. The molecule has 0 heterocycles. The van der Waals surface area contributed by atoms with Gasteiger partial charge >= 0.3 is 11.9 Å². The van der Waals surface area contributed by atoms with Crippen molar-refractivity contribution in [1.82, 2.24) is 0 Å². The number of carbonyl (C=O) groups is 2. The molecule has 0 aliphatic heterocycles. The molecule has 1 saturated carbocycles. The van der Waals surface area contributed by atoms with Gasteiger partial charge in [0, 0.05) is 11.3 Å². The molecule has 0 saturated heterocycles. The highest BCUT2D eigenvalue weighted by atomic mass is 19.3. The van der Waals surface area contributed by atoms with E-state index in [2.05, 4.69) is 0 Å². The fourth-order valence-electron chi connectivity index (χ4n) is 2.62. The SMILES string of the molecule is CCOC(=O)C1(C(=O)OCC)C(C=C(F)F)C1(C)C. The van der Waals surface area contributed by atoms with Crippen LogP contribution in [0.2, 0.25) is 0 Å². The van der Waals surface area contributed by atoms with Crippen LogP contribution in [0.15, 0.2) is 12.2 Å². The molecular weight excluding hydrogens is 258 g/mol. The maximum atomic E-state index is 12.5. The predicted molar refractivity (Wildman–Crippen MR) is 63.3 cm³/mol. The summed E-state index contributed by atoms with van der Waals surface area (Å²) in [6.07, 6.45) is -1.29. The molecule has 1 aliphatic carbocycles. The normalized spacial score (nSPS) is 22.3. The number of halogens is 2. The third kappa shape index (κ3) is 2.24. The van der Waals surface area contributed by atoms with Crippen LogP contribution in [0, 0.1) is 16.7 Å². The van der Waals surface area contributed by atoms with Gasteiger partial charge in [-0.1, -0.05) is 13.8 Å². The van der Waals surface area contributed by atoms with E-state index in [-0.39, 0.29) is 13.2 Å². The minimum absolute atomic E-state index is 0.0740. The third-order valence-corrected chi connectivity index (χ3v) is 3.66. The average Bonchev–Trinajstić information content (AvgIpc) is 2.76. The summed E-state index contributed by atoms with van der Waals surface area (Å²) >= 11 is 0. The molecule has 108 valence electrons. The molecule has 1 fully saturated rings. The van der Waals surface area contributed by atoms with Crippen LogP contribution in [0.5, 0.6) is 0 Å². The second-order valence-electron chi connectivity index (χ2n) is 4.90. The average molecular weight is 276 g/mol. The van der Waals surface area contributed by atoms with Crippen LogP contribution in [0.25, 0.3) is 0 Å². The quantitative estimate of drug-likeness (QED) is 0.572. The van der Waals surface area contributed by atoms with Gasteiger partial charge < -0.3 is 9.47 Å². The number of ether oxygens (including phenoxy) is 2. The van der Waals surface area contributed by atoms with E-state index in [1.54, 1.807) is 27.7 Å². The lowest BCUT2D eigenvalue weighted by Gasteiger charge is -2.16. The molecular formula is C13H18F2O4. The van der Waals surface area contributed by atoms with Crippen LogP contribution >= 0.6 is 0 Å². The Balaban J connectivity index is 3.19. The maximum absolute atomic E-state index is 12.5. The molecule has 0 aromatic heterocycles. The van der Waals surface area contributed by atoms with Crippen molar-refractivity contribution < 1.29 is 27.8 Å². The Kier molecular flexibility index (Phi) is 4.32. The van der Waals surface area contributed by atoms with Crippen LogP contribution < -0.4 is 0 Å². The molecule has 0 radical (unpaired) electrons. The van der Waals surface area contributed by atoms with Crippen molar-refractivity contribution in [2.24, 2.45) is 16.7 Å². The molecule has 0 bridgehead atoms. The van der Waals surface area contributed by atoms with Gasteiger partial charge in [0.15, 0.2) is 5.41 Å². The summed E-state index contributed by atoms with van der Waals surface area (Å²) in [5.41, 5.74) is -2.61. The van der Waals surface area contributed by atoms with Crippen LogP contribution in [-0.2, 0) is 19.1 Å². The lowest BCUT2D eigenvalue weighted by atomic mass is 9.96. The smallest absolute Gasteiger partial charge is 0.324 e. The van der Waals surface area contributed by atoms with E-state index in [0.717, 1.165) is 0 Å². The van der Waals surface area contributed by atoms with Crippen molar-refractivity contribution in [1.29, 1.82) is 0 Å². The van der Waals surface area contributed by atoms with Gasteiger partial charge in [-0.15, -0.1) is 0 Å². The van der Waals surface area contributed by atoms with Crippen molar-refractivity contribution in [2.75, 3.05) is 13.2 Å². The number of hydrogen-bond donors (Lipinski definition) is 0. The number of allylic oxidation sites excluding steroid dienone is 1. The van der Waals surface area contributed by atoms with Gasteiger partial charge in [0.05, 0.1) is 13.2 Å². The fraction of sp³-hybridized carbons (Fsp3) is 0.692. The lowest BCUT2D eigenvalue weighted by molar-refractivity contribution is -0.166. The lowest BCUT2D eigenvalue weighted by Crippen LogP contribution is -2.34. The molecule has 1 aliphatic rings. The molecule has 1 rings (SSSR count). The van der Waals surface area contributed by atoms with E-state index >= 15 is 0 Å². The summed E-state index contributed by atoms with van der Waals surface area (Å²) in [6, 6.07) is 0. The highest BCUT2D eigenvalue weighted by Gasteiger charge is 2.81. The van der Waals surface area contributed by atoms with E-state index in [0.29, 0.717) is 6.08 Å². The Morgan fingerprint density at radius 1 is 1.11 bits per heavy atom. The molecule has 19 heavy (non-hydrogen) atoms. The standard InChI is InChI=1S/C13H18F2O4/c1-5-18-10(16)13(11(17)19-6-2)8(7-9(14)15)12(13,3)4/h7-8H,5-6H2,1-4H3. The zero-order valence-electron chi connectivity index (χ0n) is 11.5. The molecule has 0 aromatic rings. The Hall–Kier alpha value is -1.46. The van der Waals surface area contributed by atoms with E-state index in [9.17, 15) is 18.4 Å². The second kappa shape index (κ2) is 5.27. The topological polar surface area (TPSA) is 52.6 Å². The number of hydrogen-bond acceptors (Lipinski definition) is 4. The first-order valence-corrected chi connectivity index (χ1v) is 6.14. The maximum Gasteiger partial charge on any atom is 0.324 e. The van der Waals surface area contributed by atoms with Crippen LogP contribution in [0.4, 0.5) is 8.78 Å². The highest BCUT2D eigenvalue weighted by Crippen LogP contribution is 2.71. The van der Waals surface area contributed by atoms with Crippen molar-refractivity contribution in [3.8, 4) is 0 Å². The van der Waals surface area contributed by atoms with Gasteiger partial charge in [-0.3, -0.25) is 9.59 Å². The first-order chi connectivity index (χ1) is 8.76. The number of rotatable bonds is 5. The fourth-order valence-corrected chi connectivity index (χ4v) is 2.62. The summed E-state index contributed by atoms with van der Waals surface area (Å²) in [4.78, 5) is 24.1. The Bertz CT molecular complexity index is 393. The zero-order chi connectivity index (χ0) is 14.8. The largest absolute Gasteiger partial charge is 0.465 e. The zero-order valence-corrected chi connectivity index (χ0v) is 11.5. The minimum Gasteiger partial charge on any atom is -0.465 e. The van der Waals surface area contributed by atoms with Crippen molar-refractivity contribution in [2.45, 2.75) is 27.7 Å². The Labute approximate surface area is 110 Å². The number of carbonyl (C=O) groups excluding carboxylic acids is 2. The van der Waals surface area contributed by atoms with Gasteiger partial charge in [-0.25, -0.2) is 0 Å². The summed E-state index contributed by atoms with van der Waals surface area (Å²) < 4.78 is 34.7. The molecule has 6 heteroatoms. The Morgan fingerprint density at radius 2 is 1.53 bits per heavy atom. The van der Waals surface area contributed by atoms with Crippen LogP contribution in [-0.4, -0.2) is 25.2 Å². The van der Waals surface area contributed by atoms with Gasteiger partial charge in [0.25, 0.3) is 6.08 Å². The predicted octanol–water partition coefficient (Wildman–Crippen LogP) is 2.54. The monoisotopic (exact) mass is 276 g/mol. The van der Waals surface area contributed by atoms with Crippen LogP contribution in [0.1, 0.15) is 27.7 Å². The van der Waals surface area contributed by atoms with E-state index in [4.69, 9.17) is 9.47 Å². The molecule has 1 atom stereocenters. The number of esters is 2. The summed E-state index contributed by atoms with van der Waals surface area (Å²) in [6.45, 7) is 6.48. The van der Waals surface area contributed by atoms with Gasteiger partial charge in [0.2, 0.25) is 0 Å². The summed E-state index contributed by atoms with van der Waals surface area (Å²) in [5, 5.41) is 0. The van der Waals surface area contributed by atoms with Crippen LogP contribution in [0.3, 0.4) is 0 Å². The Morgan fingerprint density at radius 3 is 1.84 bits per heavy atom. The van der Waals surface area contributed by atoms with Crippen molar-refractivity contribution in [3.63, 3.8) is 0 Å². The highest BCUT2D eigenvalue weighted by molar-refractivity contribution is 6.06. The molecule has 0 aromatic carbocycles. The molecule has 0 N–H and O–H groups in total. The summed E-state index contributed by atoms with van der Waals surface area (Å²) in [7, 11) is 0. The van der Waals surface area contributed by atoms with E-state index < -0.39 is 34.8 Å². The van der Waals surface area contributed by atoms with Crippen molar-refractivity contribution >= 4 is 11.9 Å². The molecule has 0 amide bonds. The van der Waals surface area contributed by atoms with E-state index in [1.807, 2.05) is 0 Å². The molecule has 4 nitrogen and oxygen atoms in total. The molecule has 0 spiro atoms. The van der Waals surface area contributed by atoms with Crippen molar-refractivity contribution in [3.05, 3.63) is 12.2 Å². The van der Waals surface area contributed by atoms with Gasteiger partial charge in [-0.2, -0.15) is 8.78 Å². The third-order valence-electron chi connectivity index (χ3n) is 3.66. The van der Waals surface area contributed by atoms with E-state index in [1.165, 1.54) is 0 Å². The summed E-state index contributed by atoms with van der Waals surface area (Å²) in [5.74, 6) is -2.52. The molecule has 1 unspecified atom stereocenters. The van der Waals surface area contributed by atoms with Gasteiger partial charge in [0.1, 0.15) is 0 Å². The first kappa shape index (κ1) is 15.6. The first-order valence-electron chi connectivity index (χ1n) is 6.14. The second-order valence-corrected chi connectivity index (χ2v) is 4.90. The van der Waals surface area contributed by atoms with Gasteiger partial charge in [-0.05, 0) is 19.9 Å².